The van der Waals surface area contributed by atoms with E-state index < -0.39 is 10.1 Å². The van der Waals surface area contributed by atoms with Crippen LogP contribution in [0.1, 0.15) is 155 Å². The number of rotatable bonds is 25. The summed E-state index contributed by atoms with van der Waals surface area (Å²) in [5, 5.41) is 0. The van der Waals surface area contributed by atoms with Crippen LogP contribution in [0.5, 0.6) is 0 Å². The van der Waals surface area contributed by atoms with Crippen LogP contribution in [0.15, 0.2) is 0 Å². The second-order valence-corrected chi connectivity index (χ2v) is 10.9. The molecule has 198 valence electrons. The minimum Gasteiger partial charge on any atom is -0.344 e. The van der Waals surface area contributed by atoms with E-state index in [0.717, 1.165) is 32.1 Å². The number of unbranched alkanes of at least 4 members (excludes halogenated alkanes) is 20. The second-order valence-electron chi connectivity index (χ2n) is 9.15. The zero-order chi connectivity index (χ0) is 22.2. The standard InChI is InChI=1S/C26H54O3S.2H3N/c1-3-5-7-9-11-13-15-16-17-19-21-23-25-29-30(27,28)26-24-22-20-18-14-12-10-8-6-4-2;;/h3-26H2,1-2H3;2*1H3. The molecule has 0 aliphatic heterocycles. The number of hydrogen-bond acceptors (Lipinski definition) is 5. The monoisotopic (exact) mass is 480 g/mol. The highest BCUT2D eigenvalue weighted by Crippen LogP contribution is 2.13. The Morgan fingerprint density at radius 1 is 0.438 bits per heavy atom. The van der Waals surface area contributed by atoms with Crippen LogP contribution in [0.2, 0.25) is 0 Å². The van der Waals surface area contributed by atoms with Crippen LogP contribution < -0.4 is 12.3 Å². The molecule has 0 saturated heterocycles. The van der Waals surface area contributed by atoms with Gasteiger partial charge in [-0.3, -0.25) is 4.18 Å². The molecule has 6 heteroatoms. The lowest BCUT2D eigenvalue weighted by Gasteiger charge is -2.06. The van der Waals surface area contributed by atoms with Crippen molar-refractivity contribution in [2.45, 2.75) is 155 Å². The Kier molecular flexibility index (Phi) is 32.8. The highest BCUT2D eigenvalue weighted by molar-refractivity contribution is 7.86. The molecule has 0 rings (SSSR count). The van der Waals surface area contributed by atoms with Crippen molar-refractivity contribution in [2.24, 2.45) is 0 Å². The molecule has 0 aromatic rings. The first-order chi connectivity index (χ1) is 14.6. The third kappa shape index (κ3) is 29.8. The first-order valence-corrected chi connectivity index (χ1v) is 15.1. The van der Waals surface area contributed by atoms with Gasteiger partial charge in [-0.15, -0.1) is 0 Å². The molecule has 6 N–H and O–H groups in total. The van der Waals surface area contributed by atoms with Crippen molar-refractivity contribution in [3.05, 3.63) is 0 Å². The third-order valence-electron chi connectivity index (χ3n) is 6.01. The van der Waals surface area contributed by atoms with Gasteiger partial charge in [-0.2, -0.15) is 8.42 Å². The van der Waals surface area contributed by atoms with Gasteiger partial charge in [0, 0.05) is 0 Å². The second kappa shape index (κ2) is 28.9. The highest BCUT2D eigenvalue weighted by Gasteiger charge is 2.10. The Morgan fingerprint density at radius 3 is 1.06 bits per heavy atom. The Morgan fingerprint density at radius 2 is 0.719 bits per heavy atom. The van der Waals surface area contributed by atoms with Crippen LogP contribution in [0.25, 0.3) is 0 Å². The molecule has 0 fully saturated rings. The summed E-state index contributed by atoms with van der Waals surface area (Å²) in [6.45, 7) is 4.88. The van der Waals surface area contributed by atoms with Gasteiger partial charge in [0.1, 0.15) is 0 Å². The fourth-order valence-corrected chi connectivity index (χ4v) is 5.00. The summed E-state index contributed by atoms with van der Waals surface area (Å²) in [5.41, 5.74) is 0. The Balaban J connectivity index is -0.00000420. The van der Waals surface area contributed by atoms with E-state index in [1.807, 2.05) is 0 Å². The topological polar surface area (TPSA) is 113 Å². The highest BCUT2D eigenvalue weighted by atomic mass is 32.2. The molecule has 0 aliphatic rings. The Bertz CT molecular complexity index is 431. The Hall–Kier alpha value is -0.170. The van der Waals surface area contributed by atoms with Gasteiger partial charge in [-0.1, -0.05) is 142 Å². The van der Waals surface area contributed by atoms with Gasteiger partial charge in [0.25, 0.3) is 10.1 Å². The largest absolute Gasteiger partial charge is 0.344 e. The summed E-state index contributed by atoms with van der Waals surface area (Å²) in [4.78, 5) is 0. The van der Waals surface area contributed by atoms with Crippen LogP contribution >= 0.6 is 0 Å². The summed E-state index contributed by atoms with van der Waals surface area (Å²) in [7, 11) is -3.30. The maximum absolute atomic E-state index is 11.9. The molecule has 0 heterocycles. The van der Waals surface area contributed by atoms with Crippen molar-refractivity contribution in [1.82, 2.24) is 12.3 Å². The van der Waals surface area contributed by atoms with E-state index in [1.54, 1.807) is 0 Å². The van der Waals surface area contributed by atoms with Crippen LogP contribution in [0, 0.1) is 0 Å². The smallest absolute Gasteiger partial charge is 0.267 e. The predicted octanol–water partition coefficient (Wildman–Crippen LogP) is 9.28. The third-order valence-corrected chi connectivity index (χ3v) is 7.32. The van der Waals surface area contributed by atoms with Crippen molar-refractivity contribution in [3.8, 4) is 0 Å². The predicted molar refractivity (Wildman–Crippen MR) is 143 cm³/mol. The summed E-state index contributed by atoms with van der Waals surface area (Å²) in [5.74, 6) is 0.196. The zero-order valence-electron chi connectivity index (χ0n) is 22.0. The summed E-state index contributed by atoms with van der Waals surface area (Å²) >= 11 is 0. The maximum atomic E-state index is 11.9. The van der Waals surface area contributed by atoms with Gasteiger partial charge in [-0.05, 0) is 12.8 Å². The van der Waals surface area contributed by atoms with Crippen molar-refractivity contribution >= 4 is 10.1 Å². The van der Waals surface area contributed by atoms with Gasteiger partial charge >= 0.3 is 0 Å². The van der Waals surface area contributed by atoms with Crippen molar-refractivity contribution in [1.29, 1.82) is 0 Å². The molecule has 0 bridgehead atoms. The fourth-order valence-electron chi connectivity index (χ4n) is 3.95. The normalized spacial score (nSPS) is 11.2. The van der Waals surface area contributed by atoms with Gasteiger partial charge in [-0.25, -0.2) is 0 Å². The molecule has 0 radical (unpaired) electrons. The van der Waals surface area contributed by atoms with Gasteiger partial charge in [0.15, 0.2) is 0 Å². The molecule has 0 aromatic heterocycles. The molecule has 0 aliphatic carbocycles. The van der Waals surface area contributed by atoms with Crippen LogP contribution in [0.3, 0.4) is 0 Å². The van der Waals surface area contributed by atoms with Crippen LogP contribution in [-0.2, 0) is 14.3 Å². The van der Waals surface area contributed by atoms with Crippen LogP contribution in [0.4, 0.5) is 0 Å². The molecule has 0 atom stereocenters. The lowest BCUT2D eigenvalue weighted by molar-refractivity contribution is 0.305. The van der Waals surface area contributed by atoms with E-state index in [9.17, 15) is 8.42 Å². The van der Waals surface area contributed by atoms with E-state index in [1.165, 1.54) is 109 Å². The molecule has 0 amide bonds. The average molecular weight is 481 g/mol. The molecule has 0 unspecified atom stereocenters. The van der Waals surface area contributed by atoms with Gasteiger partial charge in [0.2, 0.25) is 0 Å². The van der Waals surface area contributed by atoms with Crippen molar-refractivity contribution < 1.29 is 12.6 Å². The van der Waals surface area contributed by atoms with E-state index in [4.69, 9.17) is 4.18 Å². The minimum absolute atomic E-state index is 0. The fraction of sp³-hybridized carbons (Fsp3) is 1.00. The van der Waals surface area contributed by atoms with E-state index in [2.05, 4.69) is 13.8 Å². The van der Waals surface area contributed by atoms with Gasteiger partial charge < -0.3 is 12.3 Å². The Labute approximate surface area is 202 Å². The van der Waals surface area contributed by atoms with Crippen molar-refractivity contribution in [3.63, 3.8) is 0 Å². The summed E-state index contributed by atoms with van der Waals surface area (Å²) in [6.07, 6.45) is 27.6. The lowest BCUT2D eigenvalue weighted by atomic mass is 10.1. The zero-order valence-corrected chi connectivity index (χ0v) is 22.8. The number of hydrogen-bond donors (Lipinski definition) is 2. The summed E-state index contributed by atoms with van der Waals surface area (Å²) < 4.78 is 29.1. The van der Waals surface area contributed by atoms with E-state index in [0.29, 0.717) is 6.61 Å². The molecular weight excluding hydrogens is 420 g/mol. The molecular formula is C26H60N2O3S. The maximum Gasteiger partial charge on any atom is 0.267 e. The SMILES string of the molecule is CCCCCCCCCCCCCCOS(=O)(=O)CCCCCCCCCCCC.N.N. The first kappa shape index (κ1) is 36.4. The molecule has 0 spiro atoms. The molecule has 5 nitrogen and oxygen atoms in total. The molecule has 0 aromatic carbocycles. The minimum atomic E-state index is -3.30. The first-order valence-electron chi connectivity index (χ1n) is 13.5. The van der Waals surface area contributed by atoms with Gasteiger partial charge in [0.05, 0.1) is 12.4 Å². The van der Waals surface area contributed by atoms with E-state index in [-0.39, 0.29) is 18.1 Å². The van der Waals surface area contributed by atoms with Crippen LogP contribution in [-0.4, -0.2) is 20.8 Å². The van der Waals surface area contributed by atoms with Crippen molar-refractivity contribution in [2.75, 3.05) is 12.4 Å². The quantitative estimate of drug-likeness (QED) is 0.0997. The molecule has 0 saturated carbocycles. The van der Waals surface area contributed by atoms with E-state index >= 15 is 0 Å². The lowest BCUT2D eigenvalue weighted by Crippen LogP contribution is -2.11. The average Bonchev–Trinajstić information content (AvgIpc) is 2.72. The molecule has 32 heavy (non-hydrogen) atoms. The summed E-state index contributed by atoms with van der Waals surface area (Å²) in [6, 6.07) is 0.